The third kappa shape index (κ3) is 7.06. The van der Waals surface area contributed by atoms with Gasteiger partial charge in [-0.25, -0.2) is 0 Å². The molecular weight excluding hydrogens is 181 g/mol. The minimum atomic E-state index is -0.564. The van der Waals surface area contributed by atoms with E-state index < -0.39 is 5.79 Å². The molecule has 0 fully saturated rings. The Labute approximate surface area is 89.5 Å². The Kier molecular flexibility index (Phi) is 5.06. The molecule has 3 heteroatoms. The summed E-state index contributed by atoms with van der Waals surface area (Å²) in [6.45, 7) is 3.79. The highest BCUT2D eigenvalue weighted by Crippen LogP contribution is 2.11. The second-order valence-electron chi connectivity index (χ2n) is 3.67. The Morgan fingerprint density at radius 2 is 2.21 bits per heavy atom. The molecule has 0 aromatic carbocycles. The second-order valence-corrected chi connectivity index (χ2v) is 3.67. The van der Waals surface area contributed by atoms with Crippen LogP contribution >= 0.6 is 0 Å². The minimum Gasteiger partial charge on any atom is -0.392 e. The molecule has 0 aliphatic rings. The smallest absolute Gasteiger partial charge is 0.162 e. The zero-order valence-corrected chi connectivity index (χ0v) is 9.30. The molecule has 0 bridgehead atoms. The average molecular weight is 205 g/mol. The summed E-state index contributed by atoms with van der Waals surface area (Å²) < 4.78 is 24.7. The number of aliphatic hydroxyl groups excluding tert-OH is 1. The molecule has 0 aliphatic heterocycles. The third-order valence-electron chi connectivity index (χ3n) is 2.00. The maximum absolute atomic E-state index is 8.87. The van der Waals surface area contributed by atoms with Crippen LogP contribution in [0.3, 0.4) is 0 Å². The molecule has 0 unspecified atom stereocenters. The lowest BCUT2D eigenvalue weighted by Gasteiger charge is -2.23. The molecule has 0 aliphatic carbocycles. The van der Waals surface area contributed by atoms with Gasteiger partial charge in [0.2, 0.25) is 0 Å². The van der Waals surface area contributed by atoms with E-state index in [4.69, 9.17) is 17.3 Å². The van der Waals surface area contributed by atoms with Crippen LogP contribution in [0.15, 0.2) is 12.1 Å². The molecular formula is C11H22O3. The van der Waals surface area contributed by atoms with Gasteiger partial charge in [0.15, 0.2) is 5.79 Å². The van der Waals surface area contributed by atoms with Gasteiger partial charge in [0.05, 0.1) is 16.0 Å². The molecule has 0 aromatic rings. The number of ether oxygens (including phenoxy) is 2. The van der Waals surface area contributed by atoms with Crippen LogP contribution in [-0.4, -0.2) is 31.2 Å². The quantitative estimate of drug-likeness (QED) is 0.285. The van der Waals surface area contributed by atoms with Crippen molar-refractivity contribution in [2.75, 3.05) is 20.3 Å². The molecule has 84 valence electrons. The first-order valence-electron chi connectivity index (χ1n) is 5.88. The maximum Gasteiger partial charge on any atom is 0.162 e. The topological polar surface area (TPSA) is 38.7 Å². The highest BCUT2D eigenvalue weighted by atomic mass is 16.7. The molecule has 0 rings (SSSR count). The summed E-state index contributed by atoms with van der Waals surface area (Å²) in [6.07, 6.45) is 2.20. The van der Waals surface area contributed by atoms with E-state index in [-0.39, 0.29) is 13.1 Å². The molecule has 3 nitrogen and oxygen atoms in total. The Hall–Kier alpha value is -0.380. The van der Waals surface area contributed by atoms with Crippen LogP contribution in [0, 0.1) is 0 Å². The van der Waals surface area contributed by atoms with Crippen molar-refractivity contribution >= 4 is 0 Å². The summed E-state index contributed by atoms with van der Waals surface area (Å²) in [5.74, 6) is -0.564. The maximum atomic E-state index is 8.87. The predicted octanol–water partition coefficient (Wildman–Crippen LogP) is 2.10. The molecule has 0 heterocycles. The van der Waals surface area contributed by atoms with Gasteiger partial charge in [-0.1, -0.05) is 12.1 Å². The van der Waals surface area contributed by atoms with Gasteiger partial charge in [0.25, 0.3) is 0 Å². The molecule has 14 heavy (non-hydrogen) atoms. The summed E-state index contributed by atoms with van der Waals surface area (Å²) in [5.41, 5.74) is 0.478. The number of methoxy groups -OCH3 is 1. The van der Waals surface area contributed by atoms with Gasteiger partial charge in [-0.05, 0) is 33.1 Å². The van der Waals surface area contributed by atoms with Crippen LogP contribution in [0.2, 0.25) is 0 Å². The highest BCUT2D eigenvalue weighted by Gasteiger charge is 2.15. The van der Waals surface area contributed by atoms with Gasteiger partial charge in [0, 0.05) is 7.11 Å². The Bertz CT molecular complexity index is 223. The summed E-state index contributed by atoms with van der Waals surface area (Å²) in [5, 5.41) is 8.87. The molecule has 0 amide bonds. The molecule has 0 spiro atoms. The van der Waals surface area contributed by atoms with Crippen LogP contribution in [0.4, 0.5) is 0 Å². The van der Waals surface area contributed by atoms with E-state index in [0.29, 0.717) is 18.6 Å². The van der Waals surface area contributed by atoms with Gasteiger partial charge in [-0.3, -0.25) is 0 Å². The van der Waals surface area contributed by atoms with Crippen LogP contribution in [-0.2, 0) is 9.47 Å². The number of hydrogen-bond acceptors (Lipinski definition) is 3. The van der Waals surface area contributed by atoms with Crippen molar-refractivity contribution in [3.63, 3.8) is 0 Å². The lowest BCUT2D eigenvalue weighted by Crippen LogP contribution is -2.27. The van der Waals surface area contributed by atoms with Crippen LogP contribution < -0.4 is 0 Å². The Balaban J connectivity index is 3.66. The van der Waals surface area contributed by atoms with Crippen molar-refractivity contribution in [1.82, 2.24) is 0 Å². The van der Waals surface area contributed by atoms with E-state index in [1.54, 1.807) is 7.11 Å². The lowest BCUT2D eigenvalue weighted by atomic mass is 10.2. The van der Waals surface area contributed by atoms with Crippen LogP contribution in [0.25, 0.3) is 0 Å². The summed E-state index contributed by atoms with van der Waals surface area (Å²) in [6, 6.07) is 0. The van der Waals surface area contributed by atoms with Crippen LogP contribution in [0.5, 0.6) is 0 Å². The van der Waals surface area contributed by atoms with Gasteiger partial charge >= 0.3 is 0 Å². The fraction of sp³-hybridized carbons (Fsp3) is 0.818. The standard InChI is InChI=1S/C11H22O3/c1-10(9-12)7-5-6-8-14-11(2,3)13-4/h12H,1,5-9H2,2-4H3/i1+1D2. The monoisotopic (exact) mass is 205 g/mol. The predicted molar refractivity (Wildman–Crippen MR) is 57.1 cm³/mol. The van der Waals surface area contributed by atoms with E-state index in [1.165, 1.54) is 0 Å². The second kappa shape index (κ2) is 6.98. The first-order chi connectivity index (χ1) is 7.43. The van der Waals surface area contributed by atoms with E-state index in [2.05, 4.69) is 0 Å². The molecule has 0 atom stereocenters. The number of unbranched alkanes of at least 4 members (excludes halogenated alkanes) is 1. The Morgan fingerprint density at radius 1 is 1.50 bits per heavy atom. The number of aliphatic hydroxyl groups is 1. The van der Waals surface area contributed by atoms with Crippen molar-refractivity contribution < 1.29 is 17.3 Å². The summed E-state index contributed by atoms with van der Waals surface area (Å²) in [7, 11) is 1.60. The van der Waals surface area contributed by atoms with Crippen molar-refractivity contribution in [1.29, 1.82) is 0 Å². The minimum absolute atomic E-state index is 0.202. The van der Waals surface area contributed by atoms with Crippen molar-refractivity contribution in [3.8, 4) is 0 Å². The third-order valence-corrected chi connectivity index (χ3v) is 2.00. The van der Waals surface area contributed by atoms with Crippen molar-refractivity contribution in [3.05, 3.63) is 12.1 Å². The van der Waals surface area contributed by atoms with Gasteiger partial charge in [-0.15, -0.1) is 0 Å². The fourth-order valence-corrected chi connectivity index (χ4v) is 0.896. The lowest BCUT2D eigenvalue weighted by molar-refractivity contribution is -0.197. The van der Waals surface area contributed by atoms with Crippen molar-refractivity contribution in [2.24, 2.45) is 0 Å². The molecule has 0 saturated heterocycles. The van der Waals surface area contributed by atoms with Gasteiger partial charge in [-0.2, -0.15) is 0 Å². The normalized spacial score (nSPS) is 13.4. The number of hydrogen-bond donors (Lipinski definition) is 1. The van der Waals surface area contributed by atoms with E-state index >= 15 is 0 Å². The SMILES string of the molecule is [2H][13C]([2H])=C(CO)CCCCOC(C)(C)OC. The fourth-order valence-electron chi connectivity index (χ4n) is 0.896. The molecule has 1 N–H and O–H groups in total. The van der Waals surface area contributed by atoms with E-state index in [1.807, 2.05) is 13.8 Å². The summed E-state index contributed by atoms with van der Waals surface area (Å²) >= 11 is 0. The highest BCUT2D eigenvalue weighted by molar-refractivity contribution is 4.92. The van der Waals surface area contributed by atoms with Crippen LogP contribution in [0.1, 0.15) is 35.9 Å². The molecule has 0 saturated carbocycles. The van der Waals surface area contributed by atoms with Gasteiger partial charge < -0.3 is 14.6 Å². The first-order valence-corrected chi connectivity index (χ1v) is 4.88. The van der Waals surface area contributed by atoms with Gasteiger partial charge in [0.1, 0.15) is 0 Å². The average Bonchev–Trinajstić information content (AvgIpc) is 2.22. The first kappa shape index (κ1) is 10.1. The largest absolute Gasteiger partial charge is 0.392 e. The number of rotatable bonds is 8. The van der Waals surface area contributed by atoms with E-state index in [0.717, 1.165) is 12.8 Å². The zero-order chi connectivity index (χ0) is 12.6. The summed E-state index contributed by atoms with van der Waals surface area (Å²) in [4.78, 5) is 0. The van der Waals surface area contributed by atoms with E-state index in [9.17, 15) is 0 Å². The van der Waals surface area contributed by atoms with Crippen molar-refractivity contribution in [2.45, 2.75) is 38.9 Å². The molecule has 0 aromatic heterocycles. The molecule has 0 radical (unpaired) electrons. The Morgan fingerprint density at radius 3 is 2.71 bits per heavy atom. The zero-order valence-electron chi connectivity index (χ0n) is 11.3.